The number of fused-ring (bicyclic) bond motifs is 1. The molecule has 0 bridgehead atoms. The van der Waals surface area contributed by atoms with Crippen molar-refractivity contribution in [2.75, 3.05) is 6.61 Å². The first kappa shape index (κ1) is 14.1. The number of H-pyrrole nitrogens is 1. The molecule has 1 aliphatic rings. The molecule has 0 amide bonds. The van der Waals surface area contributed by atoms with Crippen LogP contribution in [0.25, 0.3) is 0 Å². The zero-order valence-corrected chi connectivity index (χ0v) is 13.1. The summed E-state index contributed by atoms with van der Waals surface area (Å²) in [5.74, 6) is 1.87. The lowest BCUT2D eigenvalue weighted by molar-refractivity contribution is 0.0846. The van der Waals surface area contributed by atoms with Crippen LogP contribution >= 0.6 is 15.9 Å². The second-order valence-electron chi connectivity index (χ2n) is 4.83. The van der Waals surface area contributed by atoms with Crippen LogP contribution in [0.4, 0.5) is 0 Å². The number of aromatic nitrogens is 2. The fraction of sp³-hybridized carbons (Fsp3) is 0.333. The molecule has 2 heterocycles. The second-order valence-corrected chi connectivity index (χ2v) is 5.62. The number of hydrogen-bond acceptors (Lipinski definition) is 4. The molecular weight excluding hydrogens is 336 g/mol. The van der Waals surface area contributed by atoms with E-state index in [4.69, 9.17) is 9.47 Å². The third-order valence-electron chi connectivity index (χ3n) is 3.25. The van der Waals surface area contributed by atoms with Crippen molar-refractivity contribution in [1.82, 2.24) is 9.97 Å². The highest BCUT2D eigenvalue weighted by Crippen LogP contribution is 2.34. The summed E-state index contributed by atoms with van der Waals surface area (Å²) in [6.07, 6.45) is 1.25. The molecule has 1 aromatic heterocycles. The van der Waals surface area contributed by atoms with Crippen LogP contribution in [0.15, 0.2) is 33.5 Å². The van der Waals surface area contributed by atoms with Crippen molar-refractivity contribution in [3.05, 3.63) is 50.6 Å². The molecule has 21 heavy (non-hydrogen) atoms. The molecule has 1 aromatic carbocycles. The minimum atomic E-state index is -0.406. The van der Waals surface area contributed by atoms with Gasteiger partial charge in [-0.1, -0.05) is 25.5 Å². The number of halogens is 1. The predicted octanol–water partition coefficient (Wildman–Crippen LogP) is 3.00. The average molecular weight is 351 g/mol. The molecule has 0 aliphatic carbocycles. The first-order chi connectivity index (χ1) is 10.2. The lowest BCUT2D eigenvalue weighted by Crippen LogP contribution is -2.27. The Bertz CT molecular complexity index is 714. The molecule has 1 N–H and O–H groups in total. The molecule has 1 aliphatic heterocycles. The highest BCUT2D eigenvalue weighted by atomic mass is 79.9. The maximum absolute atomic E-state index is 12.0. The molecule has 0 spiro atoms. The Hall–Kier alpha value is -1.82. The van der Waals surface area contributed by atoms with Gasteiger partial charge in [-0.15, -0.1) is 0 Å². The van der Waals surface area contributed by atoms with Crippen LogP contribution in [-0.2, 0) is 6.42 Å². The van der Waals surface area contributed by atoms with E-state index in [0.29, 0.717) is 28.4 Å². The van der Waals surface area contributed by atoms with Gasteiger partial charge in [-0.05, 0) is 34.5 Å². The van der Waals surface area contributed by atoms with Crippen LogP contribution < -0.4 is 15.0 Å². The molecule has 1 atom stereocenters. The van der Waals surface area contributed by atoms with Gasteiger partial charge >= 0.3 is 0 Å². The van der Waals surface area contributed by atoms with E-state index in [1.165, 1.54) is 0 Å². The third kappa shape index (κ3) is 2.81. The van der Waals surface area contributed by atoms with Crippen LogP contribution in [0.3, 0.4) is 0 Å². The summed E-state index contributed by atoms with van der Waals surface area (Å²) in [6, 6.07) is 7.46. The van der Waals surface area contributed by atoms with Crippen molar-refractivity contribution in [3.63, 3.8) is 0 Å². The number of ether oxygens (including phenoxy) is 2. The predicted molar refractivity (Wildman–Crippen MR) is 81.9 cm³/mol. The summed E-state index contributed by atoms with van der Waals surface area (Å²) in [5, 5.41) is 0. The van der Waals surface area contributed by atoms with Crippen molar-refractivity contribution in [1.29, 1.82) is 0 Å². The number of aryl methyl sites for hydroxylation is 1. The second kappa shape index (κ2) is 5.89. The van der Waals surface area contributed by atoms with E-state index in [2.05, 4.69) is 25.9 Å². The smallest absolute Gasteiger partial charge is 0.265 e. The van der Waals surface area contributed by atoms with Crippen LogP contribution in [-0.4, -0.2) is 16.6 Å². The van der Waals surface area contributed by atoms with Gasteiger partial charge in [-0.3, -0.25) is 4.79 Å². The van der Waals surface area contributed by atoms with E-state index in [1.54, 1.807) is 0 Å². The van der Waals surface area contributed by atoms with Gasteiger partial charge < -0.3 is 14.5 Å². The highest BCUT2D eigenvalue weighted by Gasteiger charge is 2.25. The normalized spacial score (nSPS) is 16.8. The van der Waals surface area contributed by atoms with Gasteiger partial charge in [0.2, 0.25) is 0 Å². The van der Waals surface area contributed by atoms with Crippen molar-refractivity contribution >= 4 is 15.9 Å². The van der Waals surface area contributed by atoms with Gasteiger partial charge in [0.1, 0.15) is 11.1 Å². The fourth-order valence-corrected chi connectivity index (χ4v) is 2.62. The van der Waals surface area contributed by atoms with Gasteiger partial charge in [0.15, 0.2) is 23.4 Å². The molecule has 2 aromatic rings. The van der Waals surface area contributed by atoms with Crippen LogP contribution in [0, 0.1) is 0 Å². The number of rotatable bonds is 3. The SMILES string of the molecule is CCCc1nc(C2COc3ccccc3O2)[nH]c(=O)c1Br. The summed E-state index contributed by atoms with van der Waals surface area (Å²) in [7, 11) is 0. The minimum Gasteiger partial charge on any atom is -0.485 e. The first-order valence-electron chi connectivity index (χ1n) is 6.86. The zero-order chi connectivity index (χ0) is 14.8. The topological polar surface area (TPSA) is 64.2 Å². The van der Waals surface area contributed by atoms with Crippen LogP contribution in [0.5, 0.6) is 11.5 Å². The number of hydrogen-bond donors (Lipinski definition) is 1. The van der Waals surface area contributed by atoms with E-state index >= 15 is 0 Å². The van der Waals surface area contributed by atoms with Gasteiger partial charge in [-0.25, -0.2) is 4.98 Å². The van der Waals surface area contributed by atoms with Gasteiger partial charge in [-0.2, -0.15) is 0 Å². The third-order valence-corrected chi connectivity index (χ3v) is 4.07. The minimum absolute atomic E-state index is 0.189. The standard InChI is InChI=1S/C15H15BrN2O3/c1-2-5-9-13(16)15(19)18-14(17-9)12-8-20-10-6-3-4-7-11(10)21-12/h3-4,6-7,12H,2,5,8H2,1H3,(H,17,18,19). The van der Waals surface area contributed by atoms with Gasteiger partial charge in [0.25, 0.3) is 5.56 Å². The number of nitrogens with one attached hydrogen (secondary N) is 1. The molecule has 110 valence electrons. The summed E-state index contributed by atoms with van der Waals surface area (Å²) in [5.41, 5.74) is 0.560. The molecule has 0 fully saturated rings. The highest BCUT2D eigenvalue weighted by molar-refractivity contribution is 9.10. The van der Waals surface area contributed by atoms with Crippen LogP contribution in [0.1, 0.15) is 31.0 Å². The Labute approximate surface area is 130 Å². The molecule has 0 saturated heterocycles. The summed E-state index contributed by atoms with van der Waals surface area (Å²) >= 11 is 3.29. The molecule has 3 rings (SSSR count). The van der Waals surface area contributed by atoms with E-state index in [9.17, 15) is 4.79 Å². The number of benzene rings is 1. The first-order valence-corrected chi connectivity index (χ1v) is 7.65. The average Bonchev–Trinajstić information content (AvgIpc) is 2.51. The Balaban J connectivity index is 1.93. The van der Waals surface area contributed by atoms with Crippen molar-refractivity contribution < 1.29 is 9.47 Å². The van der Waals surface area contributed by atoms with Gasteiger partial charge in [0.05, 0.1) is 5.69 Å². The van der Waals surface area contributed by atoms with Crippen molar-refractivity contribution in [2.45, 2.75) is 25.9 Å². The van der Waals surface area contributed by atoms with Crippen molar-refractivity contribution in [2.24, 2.45) is 0 Å². The molecule has 5 nitrogen and oxygen atoms in total. The van der Waals surface area contributed by atoms with Crippen molar-refractivity contribution in [3.8, 4) is 11.5 Å². The Kier molecular flexibility index (Phi) is 3.96. The van der Waals surface area contributed by atoms with E-state index < -0.39 is 6.10 Å². The lowest BCUT2D eigenvalue weighted by atomic mass is 10.2. The Morgan fingerprint density at radius 1 is 1.38 bits per heavy atom. The molecule has 6 heteroatoms. The summed E-state index contributed by atoms with van der Waals surface area (Å²) in [6.45, 7) is 2.37. The monoisotopic (exact) mass is 350 g/mol. The van der Waals surface area contributed by atoms with E-state index in [1.807, 2.05) is 31.2 Å². The number of para-hydroxylation sites is 2. The fourth-order valence-electron chi connectivity index (χ4n) is 2.23. The number of aromatic amines is 1. The molecule has 0 saturated carbocycles. The quantitative estimate of drug-likeness (QED) is 0.923. The largest absolute Gasteiger partial charge is 0.485 e. The molecule has 1 unspecified atom stereocenters. The lowest BCUT2D eigenvalue weighted by Gasteiger charge is -2.25. The number of nitrogens with zero attached hydrogens (tertiary/aromatic N) is 1. The van der Waals surface area contributed by atoms with E-state index in [0.717, 1.165) is 18.5 Å². The summed E-state index contributed by atoms with van der Waals surface area (Å²) in [4.78, 5) is 19.3. The van der Waals surface area contributed by atoms with Gasteiger partial charge in [0, 0.05) is 0 Å². The maximum atomic E-state index is 12.0. The van der Waals surface area contributed by atoms with E-state index in [-0.39, 0.29) is 5.56 Å². The van der Waals surface area contributed by atoms with Crippen LogP contribution in [0.2, 0.25) is 0 Å². The maximum Gasteiger partial charge on any atom is 0.265 e. The Morgan fingerprint density at radius 3 is 2.90 bits per heavy atom. The Morgan fingerprint density at radius 2 is 2.14 bits per heavy atom. The molecular formula is C15H15BrN2O3. The summed E-state index contributed by atoms with van der Waals surface area (Å²) < 4.78 is 12.0. The molecule has 0 radical (unpaired) electrons. The zero-order valence-electron chi connectivity index (χ0n) is 11.6.